The van der Waals surface area contributed by atoms with Gasteiger partial charge in [-0.05, 0) is 32.1 Å². The molecule has 1 aliphatic rings. The van der Waals surface area contributed by atoms with Crippen LogP contribution in [0.2, 0.25) is 0 Å². The Morgan fingerprint density at radius 2 is 0.846 bits per heavy atom. The number of allylic oxidation sites excluding steroid dienone is 8. The van der Waals surface area contributed by atoms with Crippen molar-refractivity contribution < 1.29 is 0 Å². The molecule has 0 heteroatoms. The first-order valence-corrected chi connectivity index (χ1v) is 5.13. The van der Waals surface area contributed by atoms with Gasteiger partial charge in [0.1, 0.15) is 0 Å². The first kappa shape index (κ1) is 10.0. The van der Waals surface area contributed by atoms with E-state index < -0.39 is 0 Å². The Bertz CT molecular complexity index is 192. The van der Waals surface area contributed by atoms with E-state index in [1.165, 1.54) is 19.3 Å². The third-order valence-electron chi connectivity index (χ3n) is 2.01. The fourth-order valence-electron chi connectivity index (χ4n) is 1.25. The molecule has 1 rings (SSSR count). The van der Waals surface area contributed by atoms with Crippen molar-refractivity contribution in [2.75, 3.05) is 0 Å². The van der Waals surface area contributed by atoms with Gasteiger partial charge in [-0.25, -0.2) is 0 Å². The summed E-state index contributed by atoms with van der Waals surface area (Å²) in [5.41, 5.74) is 0. The van der Waals surface area contributed by atoms with E-state index in [-0.39, 0.29) is 0 Å². The molecule has 0 aliphatic heterocycles. The second-order valence-electron chi connectivity index (χ2n) is 3.22. The Morgan fingerprint density at radius 3 is 1.31 bits per heavy atom. The monoisotopic (exact) mass is 174 g/mol. The molecule has 0 heterocycles. The maximum absolute atomic E-state index is 2.25. The third kappa shape index (κ3) is 6.15. The van der Waals surface area contributed by atoms with Gasteiger partial charge in [-0.1, -0.05) is 48.6 Å². The van der Waals surface area contributed by atoms with Crippen molar-refractivity contribution in [1.29, 1.82) is 0 Å². The summed E-state index contributed by atoms with van der Waals surface area (Å²) in [4.78, 5) is 0. The zero-order valence-electron chi connectivity index (χ0n) is 8.15. The maximum Gasteiger partial charge on any atom is -0.0313 e. The van der Waals surface area contributed by atoms with E-state index in [2.05, 4.69) is 48.6 Å². The Hall–Kier alpha value is -1.04. The van der Waals surface area contributed by atoms with Crippen LogP contribution in [0.3, 0.4) is 0 Å². The van der Waals surface area contributed by atoms with Gasteiger partial charge in [0, 0.05) is 0 Å². The fraction of sp³-hybridized carbons (Fsp3) is 0.385. The van der Waals surface area contributed by atoms with Crippen LogP contribution in [0.15, 0.2) is 48.6 Å². The highest BCUT2D eigenvalue weighted by atomic mass is 13.9. The minimum absolute atomic E-state index is 1.15. The van der Waals surface area contributed by atoms with Crippen LogP contribution in [0.25, 0.3) is 0 Å². The quantitative estimate of drug-likeness (QED) is 0.517. The molecule has 0 fully saturated rings. The molecule has 0 radical (unpaired) electrons. The molecule has 0 bridgehead atoms. The maximum atomic E-state index is 2.25. The largest absolute Gasteiger partial charge is 0.0845 e. The Morgan fingerprint density at radius 1 is 0.462 bits per heavy atom. The number of hydrogen-bond donors (Lipinski definition) is 0. The van der Waals surface area contributed by atoms with Gasteiger partial charge < -0.3 is 0 Å². The van der Waals surface area contributed by atoms with Crippen molar-refractivity contribution in [3.05, 3.63) is 48.6 Å². The minimum atomic E-state index is 1.15. The van der Waals surface area contributed by atoms with Gasteiger partial charge in [0.15, 0.2) is 0 Å². The van der Waals surface area contributed by atoms with Crippen LogP contribution >= 0.6 is 0 Å². The summed E-state index contributed by atoms with van der Waals surface area (Å²) < 4.78 is 0. The van der Waals surface area contributed by atoms with Crippen molar-refractivity contribution in [1.82, 2.24) is 0 Å². The smallest absolute Gasteiger partial charge is 0.0313 e. The van der Waals surface area contributed by atoms with Crippen LogP contribution in [-0.4, -0.2) is 0 Å². The standard InChI is InChI=1S/C13H18/c1-2-4-6-8-10-12-13-11-9-7-5-3-1/h1-4,9,11-13H,5-8,10H2/b3-1+,4-2?,11-9?,13-12?. The summed E-state index contributed by atoms with van der Waals surface area (Å²) in [6.07, 6.45) is 23.5. The van der Waals surface area contributed by atoms with Crippen molar-refractivity contribution in [2.45, 2.75) is 32.1 Å². The molecule has 0 atom stereocenters. The minimum Gasteiger partial charge on any atom is -0.0845 e. The molecule has 70 valence electrons. The van der Waals surface area contributed by atoms with E-state index in [0.29, 0.717) is 0 Å². The summed E-state index contributed by atoms with van der Waals surface area (Å²) in [5, 5.41) is 0. The molecule has 13 heavy (non-hydrogen) atoms. The van der Waals surface area contributed by atoms with Gasteiger partial charge in [-0.15, -0.1) is 0 Å². The Balaban J connectivity index is 2.38. The van der Waals surface area contributed by atoms with Gasteiger partial charge in [0.25, 0.3) is 0 Å². The Labute approximate surface area is 81.4 Å². The lowest BCUT2D eigenvalue weighted by Crippen LogP contribution is -1.67. The summed E-state index contributed by atoms with van der Waals surface area (Å²) >= 11 is 0. The van der Waals surface area contributed by atoms with Crippen LogP contribution in [-0.2, 0) is 0 Å². The Kier molecular flexibility index (Phi) is 5.87. The second kappa shape index (κ2) is 7.60. The van der Waals surface area contributed by atoms with Gasteiger partial charge in [-0.3, -0.25) is 0 Å². The predicted octanol–water partition coefficient (Wildman–Crippen LogP) is 4.18. The van der Waals surface area contributed by atoms with Crippen LogP contribution in [0, 0.1) is 0 Å². The topological polar surface area (TPSA) is 0 Å². The molecule has 0 amide bonds. The molecule has 0 aromatic carbocycles. The van der Waals surface area contributed by atoms with E-state index in [1.54, 1.807) is 0 Å². The lowest BCUT2D eigenvalue weighted by Gasteiger charge is -1.87. The SMILES string of the molecule is C1=CCC/C=C/C=CCCCC=C1. The molecule has 0 spiro atoms. The zero-order chi connectivity index (χ0) is 9.19. The molecule has 1 aliphatic carbocycles. The molecule has 0 saturated heterocycles. The summed E-state index contributed by atoms with van der Waals surface area (Å²) in [7, 11) is 0. The van der Waals surface area contributed by atoms with E-state index in [1.807, 2.05) is 0 Å². The average molecular weight is 174 g/mol. The highest BCUT2D eigenvalue weighted by molar-refractivity contribution is 5.06. The first-order chi connectivity index (χ1) is 6.50. The van der Waals surface area contributed by atoms with E-state index in [9.17, 15) is 0 Å². The van der Waals surface area contributed by atoms with Gasteiger partial charge in [0.2, 0.25) is 0 Å². The van der Waals surface area contributed by atoms with Crippen LogP contribution in [0.4, 0.5) is 0 Å². The van der Waals surface area contributed by atoms with Gasteiger partial charge in [0.05, 0.1) is 0 Å². The van der Waals surface area contributed by atoms with Crippen molar-refractivity contribution in [2.24, 2.45) is 0 Å². The highest BCUT2D eigenvalue weighted by Crippen LogP contribution is 2.00. The molecule has 0 unspecified atom stereocenters. The number of hydrogen-bond acceptors (Lipinski definition) is 0. The van der Waals surface area contributed by atoms with Gasteiger partial charge in [-0.2, -0.15) is 0 Å². The van der Waals surface area contributed by atoms with Crippen LogP contribution < -0.4 is 0 Å². The van der Waals surface area contributed by atoms with Crippen LogP contribution in [0.5, 0.6) is 0 Å². The molecule has 0 saturated carbocycles. The summed E-state index contributed by atoms with van der Waals surface area (Å²) in [6.45, 7) is 0. The third-order valence-corrected chi connectivity index (χ3v) is 2.01. The highest BCUT2D eigenvalue weighted by Gasteiger charge is 1.80. The molecular formula is C13H18. The lowest BCUT2D eigenvalue weighted by atomic mass is 10.2. The van der Waals surface area contributed by atoms with Crippen LogP contribution in [0.1, 0.15) is 32.1 Å². The molecule has 0 nitrogen and oxygen atoms in total. The van der Waals surface area contributed by atoms with Crippen molar-refractivity contribution in [3.8, 4) is 0 Å². The van der Waals surface area contributed by atoms with Gasteiger partial charge >= 0.3 is 0 Å². The summed E-state index contributed by atoms with van der Waals surface area (Å²) in [6, 6.07) is 0. The molecule has 0 aromatic heterocycles. The molecule has 0 aromatic rings. The van der Waals surface area contributed by atoms with Crippen molar-refractivity contribution in [3.63, 3.8) is 0 Å². The number of rotatable bonds is 0. The average Bonchev–Trinajstić information content (AvgIpc) is 2.18. The zero-order valence-corrected chi connectivity index (χ0v) is 8.15. The van der Waals surface area contributed by atoms with E-state index in [0.717, 1.165) is 12.8 Å². The van der Waals surface area contributed by atoms with E-state index >= 15 is 0 Å². The normalized spacial score (nSPS) is 21.5. The van der Waals surface area contributed by atoms with Crippen molar-refractivity contribution >= 4 is 0 Å². The second-order valence-corrected chi connectivity index (χ2v) is 3.22. The lowest BCUT2D eigenvalue weighted by molar-refractivity contribution is 0.868. The van der Waals surface area contributed by atoms with E-state index in [4.69, 9.17) is 0 Å². The molecular weight excluding hydrogens is 156 g/mol. The predicted molar refractivity (Wildman–Crippen MR) is 59.6 cm³/mol. The fourth-order valence-corrected chi connectivity index (χ4v) is 1.25. The molecule has 0 N–H and O–H groups in total. The first-order valence-electron chi connectivity index (χ1n) is 5.13. The summed E-state index contributed by atoms with van der Waals surface area (Å²) in [5.74, 6) is 0.